The lowest BCUT2D eigenvalue weighted by atomic mass is 9.95. The Kier molecular flexibility index (Phi) is 5.99. The molecule has 1 aromatic heterocycles. The molecule has 1 aliphatic rings. The summed E-state index contributed by atoms with van der Waals surface area (Å²) in [6, 6.07) is 0. The number of rotatable bonds is 6. The summed E-state index contributed by atoms with van der Waals surface area (Å²) in [7, 11) is 0. The summed E-state index contributed by atoms with van der Waals surface area (Å²) in [6.07, 6.45) is 3.07. The van der Waals surface area contributed by atoms with Crippen molar-refractivity contribution < 1.29 is 5.11 Å². The Hall–Kier alpha value is -1.14. The van der Waals surface area contributed by atoms with Crippen molar-refractivity contribution in [3.05, 3.63) is 5.28 Å². The van der Waals surface area contributed by atoms with E-state index in [1.54, 1.807) is 0 Å². The normalized spacial score (nSPS) is 18.9. The molecule has 1 aliphatic heterocycles. The average molecular weight is 314 g/mol. The molecule has 2 rings (SSSR count). The molecule has 7 heteroatoms. The van der Waals surface area contributed by atoms with E-state index in [-0.39, 0.29) is 11.9 Å². The van der Waals surface area contributed by atoms with E-state index >= 15 is 0 Å². The topological polar surface area (TPSA) is 65.4 Å². The van der Waals surface area contributed by atoms with Crippen molar-refractivity contribution in [2.75, 3.05) is 42.6 Å². The highest BCUT2D eigenvalue weighted by Gasteiger charge is 2.23. The number of halogens is 1. The summed E-state index contributed by atoms with van der Waals surface area (Å²) in [6.45, 7) is 7.85. The molecule has 21 heavy (non-hydrogen) atoms. The first kappa shape index (κ1) is 16.2. The van der Waals surface area contributed by atoms with Crippen molar-refractivity contribution in [2.45, 2.75) is 33.1 Å². The number of aliphatic hydroxyl groups excluding tert-OH is 1. The van der Waals surface area contributed by atoms with Crippen molar-refractivity contribution in [3.8, 4) is 0 Å². The standard InChI is InChI=1S/C14H24ClN5O/c1-3-19(4-2)13-16-12(15)17-14(18-13)20-8-5-6-11(10-20)7-9-21/h11,21H,3-10H2,1-2H3. The van der Waals surface area contributed by atoms with Crippen LogP contribution in [0.25, 0.3) is 0 Å². The molecule has 6 nitrogen and oxygen atoms in total. The molecule has 1 aromatic rings. The van der Waals surface area contributed by atoms with Crippen LogP contribution in [0.2, 0.25) is 5.28 Å². The summed E-state index contributed by atoms with van der Waals surface area (Å²) in [4.78, 5) is 17.3. The van der Waals surface area contributed by atoms with E-state index in [1.807, 2.05) is 0 Å². The van der Waals surface area contributed by atoms with Crippen LogP contribution in [0.4, 0.5) is 11.9 Å². The van der Waals surface area contributed by atoms with Gasteiger partial charge in [-0.3, -0.25) is 0 Å². The van der Waals surface area contributed by atoms with Crippen LogP contribution in [0.15, 0.2) is 0 Å². The Morgan fingerprint density at radius 1 is 1.29 bits per heavy atom. The van der Waals surface area contributed by atoms with E-state index in [2.05, 4.69) is 38.6 Å². The maximum absolute atomic E-state index is 9.11. The van der Waals surface area contributed by atoms with Crippen molar-refractivity contribution in [3.63, 3.8) is 0 Å². The first-order chi connectivity index (χ1) is 10.2. The summed E-state index contributed by atoms with van der Waals surface area (Å²) >= 11 is 6.07. The van der Waals surface area contributed by atoms with E-state index in [0.29, 0.717) is 17.8 Å². The molecular weight excluding hydrogens is 290 g/mol. The molecule has 0 spiro atoms. The second-order valence-electron chi connectivity index (χ2n) is 5.34. The summed E-state index contributed by atoms with van der Waals surface area (Å²) in [5.41, 5.74) is 0. The molecule has 1 fully saturated rings. The molecule has 1 N–H and O–H groups in total. The Labute approximate surface area is 131 Å². The van der Waals surface area contributed by atoms with Crippen LogP contribution in [0.3, 0.4) is 0 Å². The zero-order valence-electron chi connectivity index (χ0n) is 12.8. The molecule has 0 amide bonds. The number of hydrogen-bond donors (Lipinski definition) is 1. The van der Waals surface area contributed by atoms with Crippen molar-refractivity contribution in [2.24, 2.45) is 5.92 Å². The lowest BCUT2D eigenvalue weighted by molar-refractivity contribution is 0.244. The van der Waals surface area contributed by atoms with E-state index in [0.717, 1.165) is 45.4 Å². The van der Waals surface area contributed by atoms with Gasteiger partial charge in [0.1, 0.15) is 0 Å². The highest BCUT2D eigenvalue weighted by atomic mass is 35.5. The Bertz CT molecular complexity index is 453. The predicted molar refractivity (Wildman–Crippen MR) is 85.0 cm³/mol. The first-order valence-corrected chi connectivity index (χ1v) is 8.08. The Balaban J connectivity index is 2.18. The molecule has 1 saturated heterocycles. The second kappa shape index (κ2) is 7.75. The van der Waals surface area contributed by atoms with Gasteiger partial charge in [-0.05, 0) is 50.6 Å². The van der Waals surface area contributed by atoms with Gasteiger partial charge in [0.2, 0.25) is 17.2 Å². The Morgan fingerprint density at radius 3 is 2.71 bits per heavy atom. The van der Waals surface area contributed by atoms with Crippen LogP contribution in [0, 0.1) is 5.92 Å². The van der Waals surface area contributed by atoms with Crippen LogP contribution in [-0.4, -0.2) is 52.8 Å². The van der Waals surface area contributed by atoms with Crippen LogP contribution in [-0.2, 0) is 0 Å². The maximum Gasteiger partial charge on any atom is 0.231 e. The van der Waals surface area contributed by atoms with E-state index < -0.39 is 0 Å². The quantitative estimate of drug-likeness (QED) is 0.866. The van der Waals surface area contributed by atoms with Crippen LogP contribution >= 0.6 is 11.6 Å². The lowest BCUT2D eigenvalue weighted by Crippen LogP contribution is -2.37. The van der Waals surface area contributed by atoms with Gasteiger partial charge in [-0.2, -0.15) is 15.0 Å². The molecule has 0 aromatic carbocycles. The van der Waals surface area contributed by atoms with Crippen LogP contribution in [0.5, 0.6) is 0 Å². The molecule has 1 atom stereocenters. The third kappa shape index (κ3) is 4.17. The SMILES string of the molecule is CCN(CC)c1nc(Cl)nc(N2CCCC(CCO)C2)n1. The zero-order chi connectivity index (χ0) is 15.2. The molecule has 118 valence electrons. The minimum Gasteiger partial charge on any atom is -0.396 e. The van der Waals surface area contributed by atoms with Gasteiger partial charge in [0.15, 0.2) is 0 Å². The predicted octanol–water partition coefficient (Wildman–Crippen LogP) is 1.97. The van der Waals surface area contributed by atoms with Gasteiger partial charge < -0.3 is 14.9 Å². The first-order valence-electron chi connectivity index (χ1n) is 7.70. The van der Waals surface area contributed by atoms with Crippen LogP contribution < -0.4 is 9.80 Å². The smallest absolute Gasteiger partial charge is 0.231 e. The second-order valence-corrected chi connectivity index (χ2v) is 5.68. The number of hydrogen-bond acceptors (Lipinski definition) is 6. The molecule has 0 aliphatic carbocycles. The number of aromatic nitrogens is 3. The van der Waals surface area contributed by atoms with Crippen LogP contribution in [0.1, 0.15) is 33.1 Å². The molecule has 0 radical (unpaired) electrons. The van der Waals surface area contributed by atoms with E-state index in [9.17, 15) is 0 Å². The number of aliphatic hydroxyl groups is 1. The van der Waals surface area contributed by atoms with Gasteiger partial charge in [-0.15, -0.1) is 0 Å². The van der Waals surface area contributed by atoms with Gasteiger partial charge >= 0.3 is 0 Å². The fourth-order valence-corrected chi connectivity index (χ4v) is 2.93. The summed E-state index contributed by atoms with van der Waals surface area (Å²) < 4.78 is 0. The van der Waals surface area contributed by atoms with Crippen molar-refractivity contribution >= 4 is 23.5 Å². The summed E-state index contributed by atoms with van der Waals surface area (Å²) in [5.74, 6) is 1.79. The van der Waals surface area contributed by atoms with E-state index in [1.165, 1.54) is 0 Å². The molecular formula is C14H24ClN5O. The maximum atomic E-state index is 9.11. The third-order valence-corrected chi connectivity index (χ3v) is 4.14. The van der Waals surface area contributed by atoms with E-state index in [4.69, 9.17) is 16.7 Å². The molecule has 2 heterocycles. The Morgan fingerprint density at radius 2 is 2.05 bits per heavy atom. The summed E-state index contributed by atoms with van der Waals surface area (Å²) in [5, 5.41) is 9.35. The van der Waals surface area contributed by atoms with Gasteiger partial charge in [0.05, 0.1) is 0 Å². The number of nitrogens with zero attached hydrogens (tertiary/aromatic N) is 5. The molecule has 1 unspecified atom stereocenters. The fraction of sp³-hybridized carbons (Fsp3) is 0.786. The minimum atomic E-state index is 0.237. The number of anilines is 2. The van der Waals surface area contributed by atoms with Crippen molar-refractivity contribution in [1.29, 1.82) is 0 Å². The fourth-order valence-electron chi connectivity index (χ4n) is 2.78. The van der Waals surface area contributed by atoms with Gasteiger partial charge in [-0.1, -0.05) is 0 Å². The minimum absolute atomic E-state index is 0.237. The molecule has 0 bridgehead atoms. The van der Waals surface area contributed by atoms with Crippen molar-refractivity contribution in [1.82, 2.24) is 15.0 Å². The molecule has 0 saturated carbocycles. The highest BCUT2D eigenvalue weighted by Crippen LogP contribution is 2.24. The number of piperidine rings is 1. The van der Waals surface area contributed by atoms with Gasteiger partial charge in [0, 0.05) is 32.8 Å². The van der Waals surface area contributed by atoms with Gasteiger partial charge in [-0.25, -0.2) is 0 Å². The third-order valence-electron chi connectivity index (χ3n) is 3.97. The largest absolute Gasteiger partial charge is 0.396 e. The monoisotopic (exact) mass is 313 g/mol. The van der Waals surface area contributed by atoms with Gasteiger partial charge in [0.25, 0.3) is 0 Å². The zero-order valence-corrected chi connectivity index (χ0v) is 13.6. The average Bonchev–Trinajstić information content (AvgIpc) is 2.49. The lowest BCUT2D eigenvalue weighted by Gasteiger charge is -2.33. The highest BCUT2D eigenvalue weighted by molar-refractivity contribution is 6.28.